The minimum atomic E-state index is 0.259. The number of nitrogens with two attached hydrogens (primary N) is 1. The van der Waals surface area contributed by atoms with Crippen molar-refractivity contribution >= 4 is 11.3 Å². The van der Waals surface area contributed by atoms with Gasteiger partial charge in [0, 0.05) is 19.8 Å². The summed E-state index contributed by atoms with van der Waals surface area (Å²) in [4.78, 5) is 0. The molecular weight excluding hydrogens is 194 g/mol. The fraction of sp³-hybridized carbons (Fsp3) is 0.636. The van der Waals surface area contributed by atoms with Gasteiger partial charge in [0.15, 0.2) is 0 Å². The molecule has 2 unspecified atom stereocenters. The van der Waals surface area contributed by atoms with Crippen molar-refractivity contribution in [3.05, 3.63) is 22.4 Å². The molecule has 2 nitrogen and oxygen atoms in total. The van der Waals surface area contributed by atoms with Crippen molar-refractivity contribution in [2.24, 2.45) is 11.7 Å². The van der Waals surface area contributed by atoms with Gasteiger partial charge in [0.2, 0.25) is 0 Å². The molecule has 0 radical (unpaired) electrons. The van der Waals surface area contributed by atoms with Gasteiger partial charge in [-0.15, -0.1) is 0 Å². The second kappa shape index (κ2) is 6.17. The molecule has 1 heterocycles. The molecule has 0 aromatic carbocycles. The number of ether oxygens (including phenoxy) is 1. The van der Waals surface area contributed by atoms with Crippen LogP contribution in [0.3, 0.4) is 0 Å². The monoisotopic (exact) mass is 213 g/mol. The summed E-state index contributed by atoms with van der Waals surface area (Å²) in [5.41, 5.74) is 7.40. The van der Waals surface area contributed by atoms with E-state index in [0.29, 0.717) is 5.92 Å². The highest BCUT2D eigenvalue weighted by atomic mass is 32.1. The fourth-order valence-electron chi connectivity index (χ4n) is 1.66. The Morgan fingerprint density at radius 3 is 2.93 bits per heavy atom. The van der Waals surface area contributed by atoms with E-state index in [1.165, 1.54) is 5.56 Å². The molecule has 1 rings (SSSR count). The predicted molar refractivity (Wildman–Crippen MR) is 61.7 cm³/mol. The first kappa shape index (κ1) is 11.7. The molecule has 0 aliphatic carbocycles. The quantitative estimate of drug-likeness (QED) is 0.787. The fourth-order valence-corrected chi connectivity index (χ4v) is 2.35. The Morgan fingerprint density at radius 2 is 2.36 bits per heavy atom. The van der Waals surface area contributed by atoms with Gasteiger partial charge in [0.1, 0.15) is 0 Å². The molecule has 0 bridgehead atoms. The van der Waals surface area contributed by atoms with Gasteiger partial charge < -0.3 is 10.5 Å². The lowest BCUT2D eigenvalue weighted by molar-refractivity contribution is 0.152. The second-order valence-corrected chi connectivity index (χ2v) is 4.67. The van der Waals surface area contributed by atoms with Crippen LogP contribution in [0, 0.1) is 5.92 Å². The van der Waals surface area contributed by atoms with Crippen molar-refractivity contribution < 1.29 is 4.74 Å². The van der Waals surface area contributed by atoms with E-state index in [-0.39, 0.29) is 6.04 Å². The van der Waals surface area contributed by atoms with Crippen molar-refractivity contribution in [2.45, 2.75) is 25.8 Å². The maximum Gasteiger partial charge on any atom is 0.0488 e. The highest BCUT2D eigenvalue weighted by Crippen LogP contribution is 2.12. The Balaban J connectivity index is 2.25. The molecule has 0 aliphatic heterocycles. The molecule has 80 valence electrons. The average Bonchev–Trinajstić information content (AvgIpc) is 2.56. The van der Waals surface area contributed by atoms with Crippen LogP contribution in [0.4, 0.5) is 0 Å². The van der Waals surface area contributed by atoms with E-state index in [1.54, 1.807) is 18.4 Å². The van der Waals surface area contributed by atoms with Gasteiger partial charge in [0.05, 0.1) is 0 Å². The van der Waals surface area contributed by atoms with Crippen molar-refractivity contribution in [1.82, 2.24) is 0 Å². The van der Waals surface area contributed by atoms with Crippen LogP contribution in [0.25, 0.3) is 0 Å². The molecule has 3 heteroatoms. The van der Waals surface area contributed by atoms with Crippen LogP contribution in [-0.2, 0) is 11.2 Å². The maximum absolute atomic E-state index is 6.05. The van der Waals surface area contributed by atoms with E-state index >= 15 is 0 Å². The van der Waals surface area contributed by atoms with Crippen LogP contribution in [0.5, 0.6) is 0 Å². The molecule has 0 saturated carbocycles. The molecule has 0 fully saturated rings. The number of rotatable bonds is 6. The van der Waals surface area contributed by atoms with Crippen molar-refractivity contribution in [3.63, 3.8) is 0 Å². The van der Waals surface area contributed by atoms with Crippen LogP contribution in [0.1, 0.15) is 18.9 Å². The highest BCUT2D eigenvalue weighted by molar-refractivity contribution is 7.07. The van der Waals surface area contributed by atoms with E-state index in [0.717, 1.165) is 19.4 Å². The van der Waals surface area contributed by atoms with Gasteiger partial charge in [0.25, 0.3) is 0 Å². The van der Waals surface area contributed by atoms with E-state index in [2.05, 4.69) is 23.8 Å². The van der Waals surface area contributed by atoms with Crippen molar-refractivity contribution in [2.75, 3.05) is 13.7 Å². The van der Waals surface area contributed by atoms with Crippen LogP contribution in [0.2, 0.25) is 0 Å². The maximum atomic E-state index is 6.05. The topological polar surface area (TPSA) is 35.2 Å². The molecule has 14 heavy (non-hydrogen) atoms. The standard InChI is InChI=1S/C11H19NOS/c1-9(7-13-2)5-11(12)6-10-3-4-14-8-10/h3-4,8-9,11H,5-7,12H2,1-2H3. The smallest absolute Gasteiger partial charge is 0.0488 e. The Kier molecular flexibility index (Phi) is 5.15. The normalized spacial score (nSPS) is 15.4. The second-order valence-electron chi connectivity index (χ2n) is 3.89. The summed E-state index contributed by atoms with van der Waals surface area (Å²) in [6, 6.07) is 2.40. The van der Waals surface area contributed by atoms with E-state index in [1.807, 2.05) is 0 Å². The average molecular weight is 213 g/mol. The summed E-state index contributed by atoms with van der Waals surface area (Å²) in [6.45, 7) is 2.98. The Bertz CT molecular complexity index is 235. The zero-order chi connectivity index (χ0) is 10.4. The van der Waals surface area contributed by atoms with E-state index in [9.17, 15) is 0 Å². The van der Waals surface area contributed by atoms with Crippen LogP contribution >= 0.6 is 11.3 Å². The van der Waals surface area contributed by atoms with E-state index < -0.39 is 0 Å². The summed E-state index contributed by atoms with van der Waals surface area (Å²) >= 11 is 1.73. The SMILES string of the molecule is COCC(C)CC(N)Cc1ccsc1. The lowest BCUT2D eigenvalue weighted by atomic mass is 9.99. The Hall–Kier alpha value is -0.380. The van der Waals surface area contributed by atoms with Crippen LogP contribution in [0.15, 0.2) is 16.8 Å². The first-order valence-corrected chi connectivity index (χ1v) is 5.92. The lowest BCUT2D eigenvalue weighted by Crippen LogP contribution is -2.26. The van der Waals surface area contributed by atoms with Gasteiger partial charge >= 0.3 is 0 Å². The molecule has 1 aromatic heterocycles. The molecule has 2 atom stereocenters. The minimum Gasteiger partial charge on any atom is -0.384 e. The lowest BCUT2D eigenvalue weighted by Gasteiger charge is -2.15. The number of methoxy groups -OCH3 is 1. The van der Waals surface area contributed by atoms with Crippen molar-refractivity contribution in [1.29, 1.82) is 0 Å². The predicted octanol–water partition coefficient (Wildman–Crippen LogP) is 2.29. The third kappa shape index (κ3) is 4.22. The molecule has 1 aromatic rings. The summed E-state index contributed by atoms with van der Waals surface area (Å²) in [5, 5.41) is 4.27. The molecule has 2 N–H and O–H groups in total. The number of thiophene rings is 1. The zero-order valence-corrected chi connectivity index (χ0v) is 9.72. The molecule has 0 spiro atoms. The number of hydrogen-bond donors (Lipinski definition) is 1. The molecular formula is C11H19NOS. The molecule has 0 amide bonds. The summed E-state index contributed by atoms with van der Waals surface area (Å²) in [6.07, 6.45) is 2.02. The largest absolute Gasteiger partial charge is 0.384 e. The van der Waals surface area contributed by atoms with Gasteiger partial charge in [-0.1, -0.05) is 6.92 Å². The third-order valence-corrected chi connectivity index (χ3v) is 2.97. The first-order valence-electron chi connectivity index (χ1n) is 4.98. The molecule has 0 aliphatic rings. The van der Waals surface area contributed by atoms with E-state index in [4.69, 9.17) is 10.5 Å². The first-order chi connectivity index (χ1) is 6.72. The van der Waals surface area contributed by atoms with Gasteiger partial charge in [-0.2, -0.15) is 11.3 Å². The summed E-state index contributed by atoms with van der Waals surface area (Å²) < 4.78 is 5.09. The van der Waals surface area contributed by atoms with Crippen molar-refractivity contribution in [3.8, 4) is 0 Å². The Labute approximate surface area is 90.1 Å². The number of hydrogen-bond acceptors (Lipinski definition) is 3. The van der Waals surface area contributed by atoms with Gasteiger partial charge in [-0.25, -0.2) is 0 Å². The van der Waals surface area contributed by atoms with Crippen LogP contribution in [-0.4, -0.2) is 19.8 Å². The van der Waals surface area contributed by atoms with Crippen LogP contribution < -0.4 is 5.73 Å². The Morgan fingerprint density at radius 1 is 1.57 bits per heavy atom. The molecule has 0 saturated heterocycles. The van der Waals surface area contributed by atoms with Gasteiger partial charge in [-0.3, -0.25) is 0 Å². The highest BCUT2D eigenvalue weighted by Gasteiger charge is 2.09. The van der Waals surface area contributed by atoms with Gasteiger partial charge in [-0.05, 0) is 41.1 Å². The zero-order valence-electron chi connectivity index (χ0n) is 8.90. The summed E-state index contributed by atoms with van der Waals surface area (Å²) in [5.74, 6) is 0.550. The summed E-state index contributed by atoms with van der Waals surface area (Å²) in [7, 11) is 1.74. The minimum absolute atomic E-state index is 0.259. The third-order valence-electron chi connectivity index (χ3n) is 2.23.